The summed E-state index contributed by atoms with van der Waals surface area (Å²) in [4.78, 5) is 12.2. The van der Waals surface area contributed by atoms with Gasteiger partial charge < -0.3 is 10.7 Å². The van der Waals surface area contributed by atoms with Crippen LogP contribution in [0.3, 0.4) is 0 Å². The van der Waals surface area contributed by atoms with E-state index >= 15 is 0 Å². The molecule has 4 nitrogen and oxygen atoms in total. The van der Waals surface area contributed by atoms with Gasteiger partial charge in [0.25, 0.3) is 5.91 Å². The average Bonchev–Trinajstić information content (AvgIpc) is 2.35. The second-order valence-electron chi connectivity index (χ2n) is 6.02. The fourth-order valence-corrected chi connectivity index (χ4v) is 1.58. The first-order chi connectivity index (χ1) is 8.77. The second-order valence-corrected chi connectivity index (χ2v) is 6.02. The topological polar surface area (TPSA) is 67.1 Å². The smallest absolute Gasteiger partial charge is 0.253 e. The normalized spacial score (nSPS) is 11.5. The summed E-state index contributed by atoms with van der Waals surface area (Å²) < 4.78 is 0. The lowest BCUT2D eigenvalue weighted by atomic mass is 9.81. The molecule has 0 aliphatic carbocycles. The number of hydrazine groups is 1. The third-order valence-electron chi connectivity index (χ3n) is 3.84. The van der Waals surface area contributed by atoms with Gasteiger partial charge in [-0.1, -0.05) is 39.3 Å². The van der Waals surface area contributed by atoms with Crippen molar-refractivity contribution < 1.29 is 4.79 Å². The van der Waals surface area contributed by atoms with E-state index in [4.69, 9.17) is 5.84 Å². The van der Waals surface area contributed by atoms with E-state index in [1.54, 1.807) is 0 Å². The molecule has 106 valence electrons. The van der Waals surface area contributed by atoms with Crippen LogP contribution in [0.25, 0.3) is 0 Å². The van der Waals surface area contributed by atoms with Crippen molar-refractivity contribution in [2.75, 3.05) is 12.0 Å². The Bertz CT molecular complexity index is 453. The van der Waals surface area contributed by atoms with Gasteiger partial charge in [0.05, 0.1) is 11.3 Å². The minimum Gasteiger partial charge on any atom is -0.351 e. The van der Waals surface area contributed by atoms with Crippen LogP contribution in [0.1, 0.15) is 43.6 Å². The van der Waals surface area contributed by atoms with E-state index in [1.807, 2.05) is 25.1 Å². The fraction of sp³-hybridized carbons (Fsp3) is 0.533. The van der Waals surface area contributed by atoms with Crippen molar-refractivity contribution in [1.82, 2.24) is 5.32 Å². The summed E-state index contributed by atoms with van der Waals surface area (Å²) in [7, 11) is 0. The predicted octanol–water partition coefficient (Wildman–Crippen LogP) is 2.69. The van der Waals surface area contributed by atoms with E-state index in [2.05, 4.69) is 38.4 Å². The maximum absolute atomic E-state index is 12.2. The molecule has 4 heteroatoms. The van der Waals surface area contributed by atoms with Crippen LogP contribution in [-0.2, 0) is 0 Å². The minimum absolute atomic E-state index is 0.0653. The highest BCUT2D eigenvalue weighted by Crippen LogP contribution is 2.25. The number of nitrogens with one attached hydrogen (secondary N) is 2. The number of nitrogens with two attached hydrogens (primary N) is 1. The Morgan fingerprint density at radius 2 is 2.00 bits per heavy atom. The monoisotopic (exact) mass is 263 g/mol. The molecular formula is C15H25N3O. The van der Waals surface area contributed by atoms with Crippen molar-refractivity contribution in [1.29, 1.82) is 0 Å². The number of rotatable bonds is 5. The third-order valence-corrected chi connectivity index (χ3v) is 3.84. The van der Waals surface area contributed by atoms with Gasteiger partial charge in [-0.15, -0.1) is 0 Å². The largest absolute Gasteiger partial charge is 0.351 e. The van der Waals surface area contributed by atoms with Crippen LogP contribution in [0, 0.1) is 18.3 Å². The average molecular weight is 263 g/mol. The lowest BCUT2D eigenvalue weighted by Gasteiger charge is -2.29. The SMILES string of the molecule is Cc1ccc(NN)c(C(=O)NCC(C)(C)C(C)C)c1. The van der Waals surface area contributed by atoms with Gasteiger partial charge in [0.15, 0.2) is 0 Å². The van der Waals surface area contributed by atoms with E-state index < -0.39 is 0 Å². The summed E-state index contributed by atoms with van der Waals surface area (Å²) in [6.45, 7) is 11.2. The number of benzene rings is 1. The highest BCUT2D eigenvalue weighted by Gasteiger charge is 2.23. The molecule has 0 saturated carbocycles. The van der Waals surface area contributed by atoms with E-state index in [0.29, 0.717) is 23.7 Å². The molecule has 1 rings (SSSR count). The molecule has 1 amide bonds. The van der Waals surface area contributed by atoms with Gasteiger partial charge in [-0.3, -0.25) is 10.6 Å². The fourth-order valence-electron chi connectivity index (χ4n) is 1.58. The highest BCUT2D eigenvalue weighted by molar-refractivity contribution is 5.99. The summed E-state index contributed by atoms with van der Waals surface area (Å²) >= 11 is 0. The summed E-state index contributed by atoms with van der Waals surface area (Å²) in [6, 6.07) is 5.58. The maximum Gasteiger partial charge on any atom is 0.253 e. The van der Waals surface area contributed by atoms with Crippen LogP contribution in [0.2, 0.25) is 0 Å². The summed E-state index contributed by atoms with van der Waals surface area (Å²) in [5.41, 5.74) is 4.89. The van der Waals surface area contributed by atoms with Gasteiger partial charge >= 0.3 is 0 Å². The Hall–Kier alpha value is -1.55. The molecule has 0 aliphatic heterocycles. The molecular weight excluding hydrogens is 238 g/mol. The molecule has 0 unspecified atom stereocenters. The zero-order valence-electron chi connectivity index (χ0n) is 12.5. The first-order valence-electron chi connectivity index (χ1n) is 6.63. The van der Waals surface area contributed by atoms with Crippen LogP contribution >= 0.6 is 0 Å². The van der Waals surface area contributed by atoms with Crippen LogP contribution in [0.5, 0.6) is 0 Å². The summed E-state index contributed by atoms with van der Waals surface area (Å²) in [5, 5.41) is 2.99. The lowest BCUT2D eigenvalue weighted by Crippen LogP contribution is -2.37. The number of anilines is 1. The Balaban J connectivity index is 2.82. The molecule has 0 atom stereocenters. The van der Waals surface area contributed by atoms with Gasteiger partial charge in [-0.2, -0.15) is 0 Å². The molecule has 0 fully saturated rings. The molecule has 0 radical (unpaired) electrons. The second kappa shape index (κ2) is 6.06. The summed E-state index contributed by atoms with van der Waals surface area (Å²) in [5.74, 6) is 5.84. The molecule has 1 aromatic rings. The van der Waals surface area contributed by atoms with Crippen LogP contribution < -0.4 is 16.6 Å². The van der Waals surface area contributed by atoms with Crippen molar-refractivity contribution in [3.8, 4) is 0 Å². The molecule has 1 aromatic carbocycles. The Morgan fingerprint density at radius 1 is 1.37 bits per heavy atom. The standard InChI is InChI=1S/C15H25N3O/c1-10(2)15(4,5)9-17-14(19)12-8-11(3)6-7-13(12)18-16/h6-8,10,18H,9,16H2,1-5H3,(H,17,19). The highest BCUT2D eigenvalue weighted by atomic mass is 16.1. The molecule has 0 saturated heterocycles. The van der Waals surface area contributed by atoms with E-state index in [-0.39, 0.29) is 11.3 Å². The van der Waals surface area contributed by atoms with Crippen LogP contribution in [0.4, 0.5) is 5.69 Å². The maximum atomic E-state index is 12.2. The van der Waals surface area contributed by atoms with Gasteiger partial charge in [0, 0.05) is 6.54 Å². The Kier molecular flexibility index (Phi) is 4.95. The van der Waals surface area contributed by atoms with Crippen molar-refractivity contribution in [3.05, 3.63) is 29.3 Å². The number of hydrogen-bond acceptors (Lipinski definition) is 3. The number of carbonyl (C=O) groups is 1. The van der Waals surface area contributed by atoms with Crippen molar-refractivity contribution >= 4 is 11.6 Å². The number of nitrogen functional groups attached to an aromatic ring is 1. The molecule has 4 N–H and O–H groups in total. The van der Waals surface area contributed by atoms with Gasteiger partial charge in [0.2, 0.25) is 0 Å². The van der Waals surface area contributed by atoms with Gasteiger partial charge in [-0.05, 0) is 30.4 Å². The van der Waals surface area contributed by atoms with E-state index in [0.717, 1.165) is 5.56 Å². The number of carbonyl (C=O) groups excluding carboxylic acids is 1. The van der Waals surface area contributed by atoms with Gasteiger partial charge in [-0.25, -0.2) is 0 Å². The zero-order chi connectivity index (χ0) is 14.6. The molecule has 0 aromatic heterocycles. The first-order valence-corrected chi connectivity index (χ1v) is 6.63. The zero-order valence-corrected chi connectivity index (χ0v) is 12.5. The Morgan fingerprint density at radius 3 is 2.53 bits per heavy atom. The predicted molar refractivity (Wildman–Crippen MR) is 79.9 cm³/mol. The lowest BCUT2D eigenvalue weighted by molar-refractivity contribution is 0.0925. The Labute approximate surface area is 115 Å². The van der Waals surface area contributed by atoms with Crippen LogP contribution in [-0.4, -0.2) is 12.5 Å². The molecule has 0 bridgehead atoms. The quantitative estimate of drug-likeness (QED) is 0.565. The van der Waals surface area contributed by atoms with E-state index in [9.17, 15) is 4.79 Å². The summed E-state index contributed by atoms with van der Waals surface area (Å²) in [6.07, 6.45) is 0. The molecule has 0 spiro atoms. The third kappa shape index (κ3) is 3.96. The van der Waals surface area contributed by atoms with Crippen LogP contribution in [0.15, 0.2) is 18.2 Å². The molecule has 0 heterocycles. The molecule has 19 heavy (non-hydrogen) atoms. The van der Waals surface area contributed by atoms with Gasteiger partial charge in [0.1, 0.15) is 0 Å². The van der Waals surface area contributed by atoms with E-state index in [1.165, 1.54) is 0 Å². The first kappa shape index (κ1) is 15.5. The van der Waals surface area contributed by atoms with Crippen molar-refractivity contribution in [2.45, 2.75) is 34.6 Å². The number of hydrogen-bond donors (Lipinski definition) is 3. The number of aryl methyl sites for hydroxylation is 1. The van der Waals surface area contributed by atoms with Crippen molar-refractivity contribution in [3.63, 3.8) is 0 Å². The minimum atomic E-state index is -0.0922. The number of amides is 1. The molecule has 0 aliphatic rings. The van der Waals surface area contributed by atoms with Crippen molar-refractivity contribution in [2.24, 2.45) is 17.2 Å².